The molecule has 22 heavy (non-hydrogen) atoms. The summed E-state index contributed by atoms with van der Waals surface area (Å²) in [5.41, 5.74) is -0.285. The molecule has 0 bridgehead atoms. The van der Waals surface area contributed by atoms with Crippen LogP contribution in [0.5, 0.6) is 0 Å². The highest BCUT2D eigenvalue weighted by Crippen LogP contribution is 2.34. The number of anilines is 1. The summed E-state index contributed by atoms with van der Waals surface area (Å²) >= 11 is 0. The molecule has 0 aromatic heterocycles. The van der Waals surface area contributed by atoms with E-state index in [1.54, 1.807) is 6.92 Å². The van der Waals surface area contributed by atoms with Crippen LogP contribution in [0.3, 0.4) is 0 Å². The van der Waals surface area contributed by atoms with Crippen LogP contribution in [0.15, 0.2) is 54.6 Å². The predicted molar refractivity (Wildman–Crippen MR) is 78.5 cm³/mol. The quantitative estimate of drug-likeness (QED) is 0.855. The summed E-state index contributed by atoms with van der Waals surface area (Å²) in [7, 11) is 0. The van der Waals surface area contributed by atoms with Crippen LogP contribution in [0.2, 0.25) is 0 Å². The number of nitrogens with one attached hydrogen (secondary N) is 2. The third-order valence-corrected chi connectivity index (χ3v) is 3.13. The van der Waals surface area contributed by atoms with Crippen molar-refractivity contribution in [3.63, 3.8) is 0 Å². The minimum Gasteiger partial charge on any atom is -0.331 e. The minimum atomic E-state index is -4.52. The smallest absolute Gasteiger partial charge is 0.331 e. The van der Waals surface area contributed by atoms with E-state index >= 15 is 0 Å². The van der Waals surface area contributed by atoms with Gasteiger partial charge in [0.25, 0.3) is 0 Å². The van der Waals surface area contributed by atoms with E-state index in [-0.39, 0.29) is 11.7 Å². The maximum atomic E-state index is 12.9. The summed E-state index contributed by atoms with van der Waals surface area (Å²) in [5.74, 6) is 0. The lowest BCUT2D eigenvalue weighted by molar-refractivity contribution is -0.136. The molecule has 0 unspecified atom stereocenters. The lowest BCUT2D eigenvalue weighted by Crippen LogP contribution is -2.31. The number of hydrogen-bond donors (Lipinski definition) is 2. The van der Waals surface area contributed by atoms with Gasteiger partial charge in [0.2, 0.25) is 0 Å². The van der Waals surface area contributed by atoms with Crippen molar-refractivity contribution in [3.05, 3.63) is 65.7 Å². The van der Waals surface area contributed by atoms with Gasteiger partial charge in [0, 0.05) is 0 Å². The average Bonchev–Trinajstić information content (AvgIpc) is 2.47. The highest BCUT2D eigenvalue weighted by atomic mass is 19.4. The van der Waals surface area contributed by atoms with Gasteiger partial charge < -0.3 is 10.6 Å². The molecule has 116 valence electrons. The Morgan fingerprint density at radius 3 is 2.23 bits per heavy atom. The second-order valence-electron chi connectivity index (χ2n) is 4.77. The van der Waals surface area contributed by atoms with E-state index in [2.05, 4.69) is 10.6 Å². The molecule has 3 nitrogen and oxygen atoms in total. The SMILES string of the molecule is C[C@@H](NC(=O)Nc1ccccc1C(F)(F)F)c1ccccc1. The summed E-state index contributed by atoms with van der Waals surface area (Å²) < 4.78 is 38.6. The molecule has 2 amide bonds. The Bertz CT molecular complexity index is 641. The van der Waals surface area contributed by atoms with E-state index in [4.69, 9.17) is 0 Å². The van der Waals surface area contributed by atoms with Crippen LogP contribution in [-0.4, -0.2) is 6.03 Å². The van der Waals surface area contributed by atoms with E-state index in [0.29, 0.717) is 0 Å². The monoisotopic (exact) mass is 308 g/mol. The van der Waals surface area contributed by atoms with Crippen molar-refractivity contribution in [2.24, 2.45) is 0 Å². The van der Waals surface area contributed by atoms with Crippen LogP contribution in [0.1, 0.15) is 24.1 Å². The lowest BCUT2D eigenvalue weighted by atomic mass is 10.1. The minimum absolute atomic E-state index is 0.271. The summed E-state index contributed by atoms with van der Waals surface area (Å²) in [6.45, 7) is 1.75. The fourth-order valence-electron chi connectivity index (χ4n) is 2.02. The number of para-hydroxylation sites is 1. The van der Waals surface area contributed by atoms with Crippen molar-refractivity contribution < 1.29 is 18.0 Å². The molecule has 1 atom stereocenters. The molecule has 2 aromatic carbocycles. The number of benzene rings is 2. The molecule has 0 radical (unpaired) electrons. The van der Waals surface area contributed by atoms with E-state index in [1.807, 2.05) is 30.3 Å². The Kier molecular flexibility index (Phi) is 4.70. The van der Waals surface area contributed by atoms with Gasteiger partial charge in [-0.05, 0) is 24.6 Å². The Labute approximate surface area is 126 Å². The zero-order valence-corrected chi connectivity index (χ0v) is 11.8. The van der Waals surface area contributed by atoms with Crippen LogP contribution in [0.4, 0.5) is 23.7 Å². The first-order chi connectivity index (χ1) is 10.4. The van der Waals surface area contributed by atoms with Crippen molar-refractivity contribution in [2.45, 2.75) is 19.1 Å². The van der Waals surface area contributed by atoms with Crippen molar-refractivity contribution in [2.75, 3.05) is 5.32 Å². The largest absolute Gasteiger partial charge is 0.418 e. The fourth-order valence-corrected chi connectivity index (χ4v) is 2.02. The van der Waals surface area contributed by atoms with E-state index < -0.39 is 17.8 Å². The summed E-state index contributed by atoms with van der Waals surface area (Å²) in [4.78, 5) is 11.9. The molecular formula is C16H15F3N2O. The third-order valence-electron chi connectivity index (χ3n) is 3.13. The van der Waals surface area contributed by atoms with Gasteiger partial charge in [-0.25, -0.2) is 4.79 Å². The molecule has 0 aliphatic rings. The third kappa shape index (κ3) is 4.00. The van der Waals surface area contributed by atoms with Crippen molar-refractivity contribution in [3.8, 4) is 0 Å². The van der Waals surface area contributed by atoms with Crippen LogP contribution in [0.25, 0.3) is 0 Å². The van der Waals surface area contributed by atoms with E-state index in [9.17, 15) is 18.0 Å². The van der Waals surface area contributed by atoms with Crippen molar-refractivity contribution >= 4 is 11.7 Å². The molecule has 0 saturated heterocycles. The van der Waals surface area contributed by atoms with Crippen LogP contribution in [-0.2, 0) is 6.18 Å². The first kappa shape index (κ1) is 15.9. The molecule has 2 N–H and O–H groups in total. The number of carbonyl (C=O) groups is 1. The molecule has 0 fully saturated rings. The van der Waals surface area contributed by atoms with Gasteiger partial charge in [0.05, 0.1) is 17.3 Å². The highest BCUT2D eigenvalue weighted by molar-refractivity contribution is 5.90. The molecule has 0 aliphatic heterocycles. The number of alkyl halides is 3. The number of hydrogen-bond acceptors (Lipinski definition) is 1. The van der Waals surface area contributed by atoms with Gasteiger partial charge in [0.1, 0.15) is 0 Å². The van der Waals surface area contributed by atoms with Gasteiger partial charge in [0.15, 0.2) is 0 Å². The van der Waals surface area contributed by atoms with Crippen molar-refractivity contribution in [1.29, 1.82) is 0 Å². The number of urea groups is 1. The Morgan fingerprint density at radius 2 is 1.59 bits per heavy atom. The topological polar surface area (TPSA) is 41.1 Å². The first-order valence-electron chi connectivity index (χ1n) is 6.66. The van der Waals surface area contributed by atoms with Gasteiger partial charge in [-0.2, -0.15) is 13.2 Å². The first-order valence-corrected chi connectivity index (χ1v) is 6.66. The molecule has 6 heteroatoms. The maximum Gasteiger partial charge on any atom is 0.418 e. The molecule has 0 saturated carbocycles. The highest BCUT2D eigenvalue weighted by Gasteiger charge is 2.33. The summed E-state index contributed by atoms with van der Waals surface area (Å²) in [6, 6.07) is 13.0. The normalized spacial score (nSPS) is 12.5. The van der Waals surface area contributed by atoms with E-state index in [0.717, 1.165) is 11.6 Å². The zero-order chi connectivity index (χ0) is 16.2. The van der Waals surface area contributed by atoms with Gasteiger partial charge in [-0.1, -0.05) is 42.5 Å². The second kappa shape index (κ2) is 6.51. The number of amides is 2. The number of halogens is 3. The predicted octanol–water partition coefficient (Wildman–Crippen LogP) is 4.59. The molecular weight excluding hydrogens is 293 g/mol. The second-order valence-corrected chi connectivity index (χ2v) is 4.77. The number of carbonyl (C=O) groups excluding carboxylic acids is 1. The summed E-state index contributed by atoms with van der Waals surface area (Å²) in [5, 5.41) is 4.85. The zero-order valence-electron chi connectivity index (χ0n) is 11.8. The Balaban J connectivity index is 2.07. The molecule has 0 aliphatic carbocycles. The van der Waals surface area contributed by atoms with Gasteiger partial charge in [-0.15, -0.1) is 0 Å². The van der Waals surface area contributed by atoms with Crippen LogP contribution in [0, 0.1) is 0 Å². The molecule has 0 spiro atoms. The van der Waals surface area contributed by atoms with E-state index in [1.165, 1.54) is 18.2 Å². The lowest BCUT2D eigenvalue weighted by Gasteiger charge is -2.17. The standard InChI is InChI=1S/C16H15F3N2O/c1-11(12-7-3-2-4-8-12)20-15(22)21-14-10-6-5-9-13(14)16(17,18)19/h2-11H,1H3,(H2,20,21,22)/t11-/m1/s1. The molecule has 2 aromatic rings. The summed E-state index contributed by atoms with van der Waals surface area (Å²) in [6.07, 6.45) is -4.52. The maximum absolute atomic E-state index is 12.9. The van der Waals surface area contributed by atoms with Gasteiger partial charge in [-0.3, -0.25) is 0 Å². The number of rotatable bonds is 3. The average molecular weight is 308 g/mol. The van der Waals surface area contributed by atoms with Crippen molar-refractivity contribution in [1.82, 2.24) is 5.32 Å². The Hall–Kier alpha value is -2.50. The van der Waals surface area contributed by atoms with Crippen LogP contribution < -0.4 is 10.6 Å². The Morgan fingerprint density at radius 1 is 1.00 bits per heavy atom. The molecule has 0 heterocycles. The van der Waals surface area contributed by atoms with Crippen LogP contribution >= 0.6 is 0 Å². The molecule has 2 rings (SSSR count). The fraction of sp³-hybridized carbons (Fsp3) is 0.188. The van der Waals surface area contributed by atoms with Gasteiger partial charge >= 0.3 is 12.2 Å².